The van der Waals surface area contributed by atoms with Crippen molar-refractivity contribution < 1.29 is 0 Å². The molecule has 0 bridgehead atoms. The standard InChI is InChI=1S/C14H24N2/c1-9(2)12-8-11(14(5,6)7)13(10(3)4)16-15-12/h8-10H,1-7H3. The van der Waals surface area contributed by atoms with Crippen LogP contribution in [0.15, 0.2) is 6.07 Å². The van der Waals surface area contributed by atoms with E-state index >= 15 is 0 Å². The molecule has 0 fully saturated rings. The van der Waals surface area contributed by atoms with E-state index in [-0.39, 0.29) is 5.41 Å². The van der Waals surface area contributed by atoms with Gasteiger partial charge in [-0.1, -0.05) is 48.5 Å². The predicted molar refractivity (Wildman–Crippen MR) is 68.9 cm³/mol. The van der Waals surface area contributed by atoms with Crippen molar-refractivity contribution in [1.82, 2.24) is 10.2 Å². The fourth-order valence-electron chi connectivity index (χ4n) is 1.73. The van der Waals surface area contributed by atoms with Crippen molar-refractivity contribution in [3.8, 4) is 0 Å². The van der Waals surface area contributed by atoms with Gasteiger partial charge < -0.3 is 0 Å². The van der Waals surface area contributed by atoms with Gasteiger partial charge in [-0.25, -0.2) is 0 Å². The maximum atomic E-state index is 4.42. The van der Waals surface area contributed by atoms with Gasteiger partial charge in [0.15, 0.2) is 0 Å². The predicted octanol–water partition coefficient (Wildman–Crippen LogP) is 4.02. The van der Waals surface area contributed by atoms with E-state index < -0.39 is 0 Å². The van der Waals surface area contributed by atoms with Crippen LogP contribution in [0.2, 0.25) is 0 Å². The zero-order chi connectivity index (χ0) is 12.5. The Hall–Kier alpha value is -0.920. The maximum Gasteiger partial charge on any atom is 0.0693 e. The molecule has 2 nitrogen and oxygen atoms in total. The van der Waals surface area contributed by atoms with Crippen LogP contribution < -0.4 is 0 Å². The van der Waals surface area contributed by atoms with Crippen LogP contribution >= 0.6 is 0 Å². The first-order valence-electron chi connectivity index (χ1n) is 6.11. The van der Waals surface area contributed by atoms with Crippen LogP contribution in [-0.2, 0) is 5.41 Å². The largest absolute Gasteiger partial charge is 0.155 e. The molecule has 1 rings (SSSR count). The SMILES string of the molecule is CC(C)c1cc(C(C)(C)C)c(C(C)C)nn1. The van der Waals surface area contributed by atoms with Crippen LogP contribution in [0.1, 0.15) is 77.3 Å². The smallest absolute Gasteiger partial charge is 0.0693 e. The zero-order valence-electron chi connectivity index (χ0n) is 11.6. The number of nitrogens with zero attached hydrogens (tertiary/aromatic N) is 2. The molecule has 0 aliphatic carbocycles. The van der Waals surface area contributed by atoms with Crippen molar-refractivity contribution >= 4 is 0 Å². The fourth-order valence-corrected chi connectivity index (χ4v) is 1.73. The van der Waals surface area contributed by atoms with Crippen LogP contribution in [0.3, 0.4) is 0 Å². The van der Waals surface area contributed by atoms with Crippen LogP contribution in [-0.4, -0.2) is 10.2 Å². The van der Waals surface area contributed by atoms with Crippen molar-refractivity contribution in [1.29, 1.82) is 0 Å². The first kappa shape index (κ1) is 13.1. The summed E-state index contributed by atoms with van der Waals surface area (Å²) in [6, 6.07) is 2.23. The molecule has 0 aliphatic rings. The number of hydrogen-bond acceptors (Lipinski definition) is 2. The minimum atomic E-state index is 0.138. The van der Waals surface area contributed by atoms with Crippen LogP contribution in [0.5, 0.6) is 0 Å². The molecular formula is C14H24N2. The topological polar surface area (TPSA) is 25.8 Å². The fraction of sp³-hybridized carbons (Fsp3) is 0.714. The van der Waals surface area contributed by atoms with E-state index in [0.717, 1.165) is 11.4 Å². The molecule has 0 atom stereocenters. The summed E-state index contributed by atoms with van der Waals surface area (Å²) in [5, 5.41) is 8.74. The maximum absolute atomic E-state index is 4.42. The Bertz CT molecular complexity index is 359. The highest BCUT2D eigenvalue weighted by molar-refractivity contribution is 5.31. The van der Waals surface area contributed by atoms with E-state index in [9.17, 15) is 0 Å². The van der Waals surface area contributed by atoms with Crippen LogP contribution in [0.4, 0.5) is 0 Å². The Balaban J connectivity index is 3.33. The van der Waals surface area contributed by atoms with Gasteiger partial charge in [-0.2, -0.15) is 10.2 Å². The second-order valence-electron chi connectivity index (χ2n) is 6.13. The van der Waals surface area contributed by atoms with Crippen molar-refractivity contribution in [2.45, 2.75) is 65.7 Å². The van der Waals surface area contributed by atoms with Gasteiger partial charge in [0.25, 0.3) is 0 Å². The van der Waals surface area contributed by atoms with Crippen molar-refractivity contribution in [2.75, 3.05) is 0 Å². The lowest BCUT2D eigenvalue weighted by molar-refractivity contribution is 0.559. The van der Waals surface area contributed by atoms with Gasteiger partial charge >= 0.3 is 0 Å². The molecule has 0 saturated carbocycles. The molecule has 1 heterocycles. The van der Waals surface area contributed by atoms with Gasteiger partial charge in [-0.05, 0) is 28.9 Å². The number of rotatable bonds is 2. The lowest BCUT2D eigenvalue weighted by atomic mass is 9.83. The molecule has 0 radical (unpaired) electrons. The summed E-state index contributed by atoms with van der Waals surface area (Å²) < 4.78 is 0. The second-order valence-corrected chi connectivity index (χ2v) is 6.13. The van der Waals surface area contributed by atoms with Crippen molar-refractivity contribution in [3.05, 3.63) is 23.0 Å². The van der Waals surface area contributed by atoms with Gasteiger partial charge in [0, 0.05) is 0 Å². The highest BCUT2D eigenvalue weighted by atomic mass is 15.1. The Morgan fingerprint density at radius 3 is 1.88 bits per heavy atom. The van der Waals surface area contributed by atoms with Crippen molar-refractivity contribution in [3.63, 3.8) is 0 Å². The van der Waals surface area contributed by atoms with Crippen LogP contribution in [0, 0.1) is 0 Å². The van der Waals surface area contributed by atoms with E-state index in [1.807, 2.05) is 0 Å². The minimum absolute atomic E-state index is 0.138. The summed E-state index contributed by atoms with van der Waals surface area (Å²) in [5.74, 6) is 0.873. The Labute approximate surface area is 99.5 Å². The van der Waals surface area contributed by atoms with Gasteiger partial charge in [0.1, 0.15) is 0 Å². The molecule has 1 aromatic heterocycles. The van der Waals surface area contributed by atoms with Crippen LogP contribution in [0.25, 0.3) is 0 Å². The third kappa shape index (κ3) is 2.81. The molecular weight excluding hydrogens is 196 g/mol. The van der Waals surface area contributed by atoms with Gasteiger partial charge in [0.05, 0.1) is 11.4 Å². The van der Waals surface area contributed by atoms with E-state index in [1.165, 1.54) is 5.56 Å². The first-order chi connectivity index (χ1) is 7.23. The summed E-state index contributed by atoms with van der Waals surface area (Å²) in [6.07, 6.45) is 0. The molecule has 0 spiro atoms. The molecule has 0 N–H and O–H groups in total. The number of hydrogen-bond donors (Lipinski definition) is 0. The molecule has 0 aliphatic heterocycles. The van der Waals surface area contributed by atoms with E-state index in [1.54, 1.807) is 0 Å². The third-order valence-corrected chi connectivity index (χ3v) is 2.79. The summed E-state index contributed by atoms with van der Waals surface area (Å²) in [6.45, 7) is 15.4. The summed E-state index contributed by atoms with van der Waals surface area (Å²) >= 11 is 0. The third-order valence-electron chi connectivity index (χ3n) is 2.79. The highest BCUT2D eigenvalue weighted by Crippen LogP contribution is 2.30. The minimum Gasteiger partial charge on any atom is -0.155 e. The molecule has 0 amide bonds. The highest BCUT2D eigenvalue weighted by Gasteiger charge is 2.22. The van der Waals surface area contributed by atoms with E-state index in [4.69, 9.17) is 0 Å². The van der Waals surface area contributed by atoms with Gasteiger partial charge in [0.2, 0.25) is 0 Å². The first-order valence-corrected chi connectivity index (χ1v) is 6.11. The summed E-state index contributed by atoms with van der Waals surface area (Å²) in [4.78, 5) is 0. The average molecular weight is 220 g/mol. The Morgan fingerprint density at radius 2 is 1.50 bits per heavy atom. The molecule has 0 saturated heterocycles. The monoisotopic (exact) mass is 220 g/mol. The lowest BCUT2D eigenvalue weighted by Gasteiger charge is -2.24. The lowest BCUT2D eigenvalue weighted by Crippen LogP contribution is -2.18. The zero-order valence-corrected chi connectivity index (χ0v) is 11.6. The quantitative estimate of drug-likeness (QED) is 0.752. The molecule has 0 unspecified atom stereocenters. The van der Waals surface area contributed by atoms with Crippen molar-refractivity contribution in [2.24, 2.45) is 0 Å². The van der Waals surface area contributed by atoms with Gasteiger partial charge in [-0.15, -0.1) is 0 Å². The van der Waals surface area contributed by atoms with E-state index in [2.05, 4.69) is 64.7 Å². The molecule has 90 valence electrons. The summed E-state index contributed by atoms with van der Waals surface area (Å²) in [5.41, 5.74) is 3.70. The Kier molecular flexibility index (Phi) is 3.72. The second kappa shape index (κ2) is 4.52. The molecule has 1 aromatic rings. The average Bonchev–Trinajstić information content (AvgIpc) is 2.15. The normalized spacial score (nSPS) is 12.6. The Morgan fingerprint density at radius 1 is 0.938 bits per heavy atom. The number of aromatic nitrogens is 2. The molecule has 0 aromatic carbocycles. The van der Waals surface area contributed by atoms with E-state index in [0.29, 0.717) is 11.8 Å². The van der Waals surface area contributed by atoms with Gasteiger partial charge in [-0.3, -0.25) is 0 Å². The summed E-state index contributed by atoms with van der Waals surface area (Å²) in [7, 11) is 0. The molecule has 2 heteroatoms. The molecule has 16 heavy (non-hydrogen) atoms.